The summed E-state index contributed by atoms with van der Waals surface area (Å²) in [6.45, 7) is 4.13. The van der Waals surface area contributed by atoms with Crippen LogP contribution in [0.3, 0.4) is 0 Å². The quantitative estimate of drug-likeness (QED) is 0.232. The number of carbonyl (C=O) groups excluding carboxylic acids is 1. The number of furan rings is 1. The zero-order valence-electron chi connectivity index (χ0n) is 21.9. The van der Waals surface area contributed by atoms with E-state index in [-0.39, 0.29) is 24.8 Å². The number of aryl methyl sites for hydroxylation is 2. The number of rotatable bonds is 9. The van der Waals surface area contributed by atoms with Crippen LogP contribution in [0.5, 0.6) is 0 Å². The Morgan fingerprint density at radius 1 is 0.897 bits per heavy atom. The number of nitrogens with zero attached hydrogens (tertiary/aromatic N) is 1. The molecule has 2 N–H and O–H groups in total. The van der Waals surface area contributed by atoms with Crippen LogP contribution in [0.25, 0.3) is 11.0 Å². The van der Waals surface area contributed by atoms with E-state index in [1.54, 1.807) is 24.5 Å². The van der Waals surface area contributed by atoms with Gasteiger partial charge in [-0.2, -0.15) is 0 Å². The van der Waals surface area contributed by atoms with Crippen LogP contribution < -0.4 is 5.32 Å². The van der Waals surface area contributed by atoms with Crippen LogP contribution in [0.15, 0.2) is 102 Å². The summed E-state index contributed by atoms with van der Waals surface area (Å²) in [5.41, 5.74) is 6.71. The van der Waals surface area contributed by atoms with E-state index in [1.807, 2.05) is 54.6 Å². The summed E-state index contributed by atoms with van der Waals surface area (Å²) < 4.78 is 6.06. The molecule has 39 heavy (non-hydrogen) atoms. The van der Waals surface area contributed by atoms with E-state index in [9.17, 15) is 14.7 Å². The standard InChI is InChI=1S/C33H30N2O4/c1-21-8-10-27(22(2)16-21)33(25-6-4-3-5-7-25)35-31(36)18-23-9-11-29-26(17-23)19-30(39-29)28(20-32(37)38)24-12-14-34-15-13-24/h3-17,19,28,33H,18,20H2,1-2H3,(H,35,36)(H,37,38). The molecule has 2 unspecified atom stereocenters. The van der Waals surface area contributed by atoms with Gasteiger partial charge in [0.25, 0.3) is 0 Å². The Bertz CT molecular complexity index is 1610. The fraction of sp³-hybridized carbons (Fsp3) is 0.182. The average Bonchev–Trinajstić information content (AvgIpc) is 3.35. The molecule has 0 aliphatic heterocycles. The van der Waals surface area contributed by atoms with Gasteiger partial charge >= 0.3 is 5.97 Å². The van der Waals surface area contributed by atoms with E-state index >= 15 is 0 Å². The minimum Gasteiger partial charge on any atom is -0.481 e. The highest BCUT2D eigenvalue weighted by molar-refractivity contribution is 5.84. The molecule has 0 aliphatic carbocycles. The predicted molar refractivity (Wildman–Crippen MR) is 151 cm³/mol. The fourth-order valence-corrected chi connectivity index (χ4v) is 5.08. The zero-order valence-corrected chi connectivity index (χ0v) is 21.9. The SMILES string of the molecule is Cc1ccc(C(NC(=O)Cc2ccc3oc(C(CC(=O)O)c4ccncc4)cc3c2)c2ccccc2)c(C)c1. The molecule has 0 saturated carbocycles. The van der Waals surface area contributed by atoms with E-state index in [2.05, 4.69) is 42.3 Å². The van der Waals surface area contributed by atoms with Crippen LogP contribution in [0.4, 0.5) is 0 Å². The van der Waals surface area contributed by atoms with Gasteiger partial charge in [0.1, 0.15) is 11.3 Å². The maximum atomic E-state index is 13.3. The average molecular weight is 519 g/mol. The topological polar surface area (TPSA) is 92.4 Å². The molecule has 6 heteroatoms. The van der Waals surface area contributed by atoms with Gasteiger partial charge in [0.2, 0.25) is 5.91 Å². The fourth-order valence-electron chi connectivity index (χ4n) is 5.08. The molecule has 0 fully saturated rings. The lowest BCUT2D eigenvalue weighted by Gasteiger charge is -2.22. The van der Waals surface area contributed by atoms with Crippen LogP contribution in [-0.4, -0.2) is 22.0 Å². The first kappa shape index (κ1) is 25.9. The van der Waals surface area contributed by atoms with Crippen LogP contribution in [0.2, 0.25) is 0 Å². The van der Waals surface area contributed by atoms with Gasteiger partial charge < -0.3 is 14.8 Å². The molecule has 3 aromatic carbocycles. The van der Waals surface area contributed by atoms with Gasteiger partial charge in [0.05, 0.1) is 24.8 Å². The van der Waals surface area contributed by atoms with Crippen LogP contribution in [0.1, 0.15) is 57.5 Å². The first-order valence-corrected chi connectivity index (χ1v) is 12.9. The number of carboxylic acid groups (broad SMARTS) is 1. The number of amides is 1. The first-order valence-electron chi connectivity index (χ1n) is 12.9. The van der Waals surface area contributed by atoms with Crippen LogP contribution in [0, 0.1) is 13.8 Å². The Labute approximate surface area is 227 Å². The molecule has 0 spiro atoms. The number of fused-ring (bicyclic) bond motifs is 1. The predicted octanol–water partition coefficient (Wildman–Crippen LogP) is 6.50. The number of hydrogen-bond donors (Lipinski definition) is 2. The van der Waals surface area contributed by atoms with E-state index in [0.29, 0.717) is 11.3 Å². The number of carbonyl (C=O) groups is 2. The van der Waals surface area contributed by atoms with Gasteiger partial charge in [0, 0.05) is 17.8 Å². The Kier molecular flexibility index (Phi) is 7.55. The Morgan fingerprint density at radius 3 is 2.38 bits per heavy atom. The van der Waals surface area contributed by atoms with Crippen LogP contribution in [-0.2, 0) is 16.0 Å². The Hall–Kier alpha value is -4.71. The van der Waals surface area contributed by atoms with Crippen molar-refractivity contribution in [1.29, 1.82) is 0 Å². The normalized spacial score (nSPS) is 12.7. The van der Waals surface area contributed by atoms with Gasteiger partial charge in [-0.3, -0.25) is 14.6 Å². The molecule has 2 aromatic heterocycles. The maximum absolute atomic E-state index is 13.3. The number of nitrogens with one attached hydrogen (secondary N) is 1. The summed E-state index contributed by atoms with van der Waals surface area (Å²) >= 11 is 0. The number of carboxylic acids is 1. The number of aromatic nitrogens is 1. The van der Waals surface area contributed by atoms with Gasteiger partial charge in [-0.05, 0) is 72.0 Å². The van der Waals surface area contributed by atoms with Gasteiger partial charge in [-0.15, -0.1) is 0 Å². The van der Waals surface area contributed by atoms with Gasteiger partial charge in [-0.1, -0.05) is 60.2 Å². The summed E-state index contributed by atoms with van der Waals surface area (Å²) in [6, 6.07) is 27.1. The number of aliphatic carboxylic acids is 1. The highest BCUT2D eigenvalue weighted by Gasteiger charge is 2.23. The third-order valence-corrected chi connectivity index (χ3v) is 6.97. The number of benzene rings is 3. The molecular weight excluding hydrogens is 488 g/mol. The largest absolute Gasteiger partial charge is 0.481 e. The highest BCUT2D eigenvalue weighted by Crippen LogP contribution is 2.33. The molecule has 196 valence electrons. The summed E-state index contributed by atoms with van der Waals surface area (Å²) in [6.07, 6.45) is 3.39. The van der Waals surface area contributed by atoms with Crippen molar-refractivity contribution in [3.05, 3.63) is 136 Å². The molecular formula is C33H30N2O4. The Morgan fingerprint density at radius 2 is 1.67 bits per heavy atom. The maximum Gasteiger partial charge on any atom is 0.304 e. The lowest BCUT2D eigenvalue weighted by Crippen LogP contribution is -2.31. The van der Waals surface area contributed by atoms with Crippen molar-refractivity contribution in [3.63, 3.8) is 0 Å². The lowest BCUT2D eigenvalue weighted by molar-refractivity contribution is -0.137. The smallest absolute Gasteiger partial charge is 0.304 e. The summed E-state index contributed by atoms with van der Waals surface area (Å²) in [5, 5.41) is 13.6. The van der Waals surface area contributed by atoms with Crippen molar-refractivity contribution < 1.29 is 19.1 Å². The molecule has 5 rings (SSSR count). The van der Waals surface area contributed by atoms with Crippen molar-refractivity contribution in [2.45, 2.75) is 38.6 Å². The monoisotopic (exact) mass is 518 g/mol. The molecule has 6 nitrogen and oxygen atoms in total. The third kappa shape index (κ3) is 6.07. The molecule has 0 saturated heterocycles. The van der Waals surface area contributed by atoms with Crippen molar-refractivity contribution in [2.75, 3.05) is 0 Å². The van der Waals surface area contributed by atoms with Gasteiger partial charge in [0.15, 0.2) is 0 Å². The zero-order chi connectivity index (χ0) is 27.4. The minimum absolute atomic E-state index is 0.0903. The summed E-state index contributed by atoms with van der Waals surface area (Å²) in [5.74, 6) is -0.868. The van der Waals surface area contributed by atoms with Crippen molar-refractivity contribution >= 4 is 22.8 Å². The van der Waals surface area contributed by atoms with Crippen molar-refractivity contribution in [3.8, 4) is 0 Å². The summed E-state index contributed by atoms with van der Waals surface area (Å²) in [7, 11) is 0. The second kappa shape index (κ2) is 11.4. The second-order valence-electron chi connectivity index (χ2n) is 9.90. The molecule has 0 radical (unpaired) electrons. The number of pyridine rings is 1. The third-order valence-electron chi connectivity index (χ3n) is 6.97. The van der Waals surface area contributed by atoms with E-state index in [0.717, 1.165) is 33.2 Å². The van der Waals surface area contributed by atoms with Gasteiger partial charge in [-0.25, -0.2) is 0 Å². The van der Waals surface area contributed by atoms with E-state index in [1.165, 1.54) is 5.56 Å². The second-order valence-corrected chi connectivity index (χ2v) is 9.90. The highest BCUT2D eigenvalue weighted by atomic mass is 16.4. The minimum atomic E-state index is -0.911. The Balaban J connectivity index is 1.39. The van der Waals surface area contributed by atoms with Crippen LogP contribution >= 0.6 is 0 Å². The molecule has 0 bridgehead atoms. The molecule has 2 heterocycles. The van der Waals surface area contributed by atoms with E-state index < -0.39 is 11.9 Å². The molecule has 5 aromatic rings. The molecule has 2 atom stereocenters. The number of hydrogen-bond acceptors (Lipinski definition) is 4. The molecule has 0 aliphatic rings. The lowest BCUT2D eigenvalue weighted by atomic mass is 9.93. The van der Waals surface area contributed by atoms with Crippen molar-refractivity contribution in [1.82, 2.24) is 10.3 Å². The molecule has 1 amide bonds. The first-order chi connectivity index (χ1) is 18.9. The summed E-state index contributed by atoms with van der Waals surface area (Å²) in [4.78, 5) is 28.9. The van der Waals surface area contributed by atoms with Crippen molar-refractivity contribution in [2.24, 2.45) is 0 Å². The van der Waals surface area contributed by atoms with E-state index in [4.69, 9.17) is 4.42 Å².